The molecule has 1 unspecified atom stereocenters. The van der Waals surface area contributed by atoms with Gasteiger partial charge in [0.15, 0.2) is 0 Å². The van der Waals surface area contributed by atoms with Crippen LogP contribution in [0.2, 0.25) is 0 Å². The Bertz CT molecular complexity index is 353. The Morgan fingerprint density at radius 2 is 1.88 bits per heavy atom. The minimum absolute atomic E-state index is 0.0155. The number of nitrogens with one attached hydrogen (secondary N) is 2. The van der Waals surface area contributed by atoms with E-state index in [4.69, 9.17) is 10.2 Å². The number of hydrogen-bond donors (Lipinski definition) is 4. The van der Waals surface area contributed by atoms with Gasteiger partial charge in [0.25, 0.3) is 0 Å². The first-order valence-electron chi connectivity index (χ1n) is 5.24. The molecule has 2 amide bonds. The highest BCUT2D eigenvalue weighted by molar-refractivity contribution is 5.86. The molecule has 0 heterocycles. The highest BCUT2D eigenvalue weighted by Gasteiger charge is 2.46. The van der Waals surface area contributed by atoms with Gasteiger partial charge in [-0.3, -0.25) is 4.79 Å². The Kier molecular flexibility index (Phi) is 3.59. The third-order valence-electron chi connectivity index (χ3n) is 2.80. The summed E-state index contributed by atoms with van der Waals surface area (Å²) >= 11 is 0. The molecule has 0 bridgehead atoms. The molecule has 1 aliphatic rings. The smallest absolute Gasteiger partial charge is 0.326 e. The number of urea groups is 1. The largest absolute Gasteiger partial charge is 0.481 e. The summed E-state index contributed by atoms with van der Waals surface area (Å²) in [6, 6.07) is -2.04. The molecule has 96 valence electrons. The lowest BCUT2D eigenvalue weighted by atomic mass is 10.2. The second kappa shape index (κ2) is 4.60. The van der Waals surface area contributed by atoms with Gasteiger partial charge in [0.1, 0.15) is 6.04 Å². The maximum absolute atomic E-state index is 11.4. The van der Waals surface area contributed by atoms with E-state index in [0.717, 1.165) is 6.42 Å². The lowest BCUT2D eigenvalue weighted by Crippen LogP contribution is -2.48. The summed E-state index contributed by atoms with van der Waals surface area (Å²) in [5, 5.41) is 21.9. The fourth-order valence-corrected chi connectivity index (χ4v) is 1.45. The van der Waals surface area contributed by atoms with E-state index in [9.17, 15) is 14.4 Å². The van der Waals surface area contributed by atoms with Crippen molar-refractivity contribution in [3.8, 4) is 0 Å². The summed E-state index contributed by atoms with van der Waals surface area (Å²) in [6.45, 7) is 3.95. The van der Waals surface area contributed by atoms with Gasteiger partial charge in [0.2, 0.25) is 0 Å². The predicted molar refractivity (Wildman–Crippen MR) is 57.5 cm³/mol. The van der Waals surface area contributed by atoms with Crippen LogP contribution in [0.25, 0.3) is 0 Å². The van der Waals surface area contributed by atoms with Crippen LogP contribution in [0.3, 0.4) is 0 Å². The monoisotopic (exact) mass is 244 g/mol. The van der Waals surface area contributed by atoms with Crippen LogP contribution in [0.4, 0.5) is 4.79 Å². The minimum Gasteiger partial charge on any atom is -0.481 e. The topological polar surface area (TPSA) is 116 Å². The maximum Gasteiger partial charge on any atom is 0.326 e. The van der Waals surface area contributed by atoms with E-state index in [2.05, 4.69) is 10.6 Å². The van der Waals surface area contributed by atoms with Gasteiger partial charge >= 0.3 is 18.0 Å². The van der Waals surface area contributed by atoms with Crippen molar-refractivity contribution >= 4 is 18.0 Å². The van der Waals surface area contributed by atoms with Crippen molar-refractivity contribution in [2.45, 2.75) is 38.8 Å². The van der Waals surface area contributed by atoms with Crippen LogP contribution >= 0.6 is 0 Å². The third-order valence-corrected chi connectivity index (χ3v) is 2.80. The fraction of sp³-hybridized carbons (Fsp3) is 0.700. The summed E-state index contributed by atoms with van der Waals surface area (Å²) < 4.78 is 0. The highest BCUT2D eigenvalue weighted by atomic mass is 16.4. The van der Waals surface area contributed by atoms with Crippen LogP contribution in [0.15, 0.2) is 0 Å². The molecule has 1 aliphatic carbocycles. The standard InChI is InChI=1S/C10H16N2O5/c1-10(2)4-6(10)12-9(17)11-5(8(15)16)3-7(13)14/h5-6H,3-4H2,1-2H3,(H,13,14)(H,15,16)(H2,11,12,17)/t5-,6?/m0/s1. The molecule has 0 aromatic heterocycles. The van der Waals surface area contributed by atoms with Gasteiger partial charge < -0.3 is 20.8 Å². The van der Waals surface area contributed by atoms with E-state index < -0.39 is 30.4 Å². The molecule has 1 rings (SSSR count). The molecule has 4 N–H and O–H groups in total. The third kappa shape index (κ3) is 3.93. The second-order valence-electron chi connectivity index (χ2n) is 4.85. The first-order valence-corrected chi connectivity index (χ1v) is 5.24. The number of aliphatic carboxylic acids is 2. The van der Waals surface area contributed by atoms with Crippen molar-refractivity contribution in [2.75, 3.05) is 0 Å². The van der Waals surface area contributed by atoms with E-state index in [1.54, 1.807) is 0 Å². The van der Waals surface area contributed by atoms with Crippen LogP contribution in [0.5, 0.6) is 0 Å². The molecule has 0 aromatic rings. The van der Waals surface area contributed by atoms with Crippen molar-refractivity contribution in [1.82, 2.24) is 10.6 Å². The zero-order chi connectivity index (χ0) is 13.2. The summed E-state index contributed by atoms with van der Waals surface area (Å²) in [6.07, 6.45) is 0.188. The van der Waals surface area contributed by atoms with Crippen molar-refractivity contribution in [2.24, 2.45) is 5.41 Å². The predicted octanol–water partition coefficient (Wildman–Crippen LogP) is 0.0120. The lowest BCUT2D eigenvalue weighted by molar-refractivity contribution is -0.145. The zero-order valence-corrected chi connectivity index (χ0v) is 9.69. The molecular weight excluding hydrogens is 228 g/mol. The van der Waals surface area contributed by atoms with Crippen LogP contribution in [0, 0.1) is 5.41 Å². The summed E-state index contributed by atoms with van der Waals surface area (Å²) in [5.74, 6) is -2.64. The Morgan fingerprint density at radius 1 is 1.35 bits per heavy atom. The normalized spacial score (nSPS) is 22.4. The van der Waals surface area contributed by atoms with E-state index in [0.29, 0.717) is 0 Å². The molecule has 0 radical (unpaired) electrons. The van der Waals surface area contributed by atoms with Gasteiger partial charge in [-0.1, -0.05) is 13.8 Å². The molecule has 0 spiro atoms. The van der Waals surface area contributed by atoms with Crippen LogP contribution in [-0.4, -0.2) is 40.3 Å². The summed E-state index contributed by atoms with van der Waals surface area (Å²) in [4.78, 5) is 32.5. The van der Waals surface area contributed by atoms with Crippen molar-refractivity contribution in [1.29, 1.82) is 0 Å². The number of carbonyl (C=O) groups is 3. The Hall–Kier alpha value is -1.79. The minimum atomic E-state index is -1.41. The van der Waals surface area contributed by atoms with E-state index in [1.165, 1.54) is 0 Å². The molecule has 1 saturated carbocycles. The summed E-state index contributed by atoms with van der Waals surface area (Å²) in [7, 11) is 0. The lowest BCUT2D eigenvalue weighted by Gasteiger charge is -2.13. The Morgan fingerprint density at radius 3 is 2.24 bits per heavy atom. The van der Waals surface area contributed by atoms with Crippen molar-refractivity contribution < 1.29 is 24.6 Å². The van der Waals surface area contributed by atoms with Crippen LogP contribution < -0.4 is 10.6 Å². The van der Waals surface area contributed by atoms with Crippen molar-refractivity contribution in [3.63, 3.8) is 0 Å². The molecule has 1 fully saturated rings. The average molecular weight is 244 g/mol. The van der Waals surface area contributed by atoms with Gasteiger partial charge in [0.05, 0.1) is 6.42 Å². The Balaban J connectivity index is 2.42. The molecule has 7 nitrogen and oxygen atoms in total. The van der Waals surface area contributed by atoms with Gasteiger partial charge in [-0.2, -0.15) is 0 Å². The van der Waals surface area contributed by atoms with Gasteiger partial charge in [0, 0.05) is 6.04 Å². The number of carboxylic acid groups (broad SMARTS) is 2. The maximum atomic E-state index is 11.4. The second-order valence-corrected chi connectivity index (χ2v) is 4.85. The zero-order valence-electron chi connectivity index (χ0n) is 9.69. The molecule has 0 aromatic carbocycles. The average Bonchev–Trinajstić information content (AvgIpc) is 2.71. The quantitative estimate of drug-likeness (QED) is 0.543. The molecule has 7 heteroatoms. The summed E-state index contributed by atoms with van der Waals surface area (Å²) in [5.41, 5.74) is 0.0306. The number of carboxylic acids is 2. The number of rotatable bonds is 5. The number of carbonyl (C=O) groups excluding carboxylic acids is 1. The van der Waals surface area contributed by atoms with E-state index in [-0.39, 0.29) is 11.5 Å². The van der Waals surface area contributed by atoms with Gasteiger partial charge in [-0.05, 0) is 11.8 Å². The molecular formula is C10H16N2O5. The Labute approximate surface area is 98.2 Å². The van der Waals surface area contributed by atoms with E-state index >= 15 is 0 Å². The first-order chi connectivity index (χ1) is 7.72. The van der Waals surface area contributed by atoms with Crippen LogP contribution in [-0.2, 0) is 9.59 Å². The molecule has 2 atom stereocenters. The van der Waals surface area contributed by atoms with Crippen molar-refractivity contribution in [3.05, 3.63) is 0 Å². The number of hydrogen-bond acceptors (Lipinski definition) is 3. The number of amides is 2. The molecule has 0 saturated heterocycles. The molecule has 17 heavy (non-hydrogen) atoms. The first kappa shape index (κ1) is 13.3. The van der Waals surface area contributed by atoms with E-state index in [1.807, 2.05) is 13.8 Å². The SMILES string of the molecule is CC1(C)CC1NC(=O)N[C@@H](CC(=O)O)C(=O)O. The molecule has 0 aliphatic heterocycles. The highest BCUT2D eigenvalue weighted by Crippen LogP contribution is 2.44. The van der Waals surface area contributed by atoms with Gasteiger partial charge in [-0.15, -0.1) is 0 Å². The van der Waals surface area contributed by atoms with Gasteiger partial charge in [-0.25, -0.2) is 9.59 Å². The van der Waals surface area contributed by atoms with Crippen LogP contribution in [0.1, 0.15) is 26.7 Å². The fourth-order valence-electron chi connectivity index (χ4n) is 1.45.